The average Bonchev–Trinajstić information content (AvgIpc) is 2.78. The molecule has 0 aromatic heterocycles. The summed E-state index contributed by atoms with van der Waals surface area (Å²) in [7, 11) is 1.61. The van der Waals surface area contributed by atoms with Gasteiger partial charge in [-0.2, -0.15) is 0 Å². The number of hydrogen-bond acceptors (Lipinski definition) is 11. The Balaban J connectivity index is -0.000000144. The number of carbonyl (C=O) groups excluding carboxylic acids is 1. The quantitative estimate of drug-likeness (QED) is 0.169. The lowest BCUT2D eigenvalue weighted by atomic mass is 10.1. The summed E-state index contributed by atoms with van der Waals surface area (Å²) in [6.07, 6.45) is 0.220. The Morgan fingerprint density at radius 1 is 0.744 bits per heavy atom. The average molecular weight is 577 g/mol. The van der Waals surface area contributed by atoms with E-state index in [1.807, 2.05) is 6.92 Å². The second-order valence-corrected chi connectivity index (χ2v) is 11.0. The molecular formula is C28H64O11. The molecule has 0 radical (unpaired) electrons. The zero-order valence-electron chi connectivity index (χ0n) is 27.0. The summed E-state index contributed by atoms with van der Waals surface area (Å²) in [5.41, 5.74) is -1.92. The topological polar surface area (TPSA) is 186 Å². The normalized spacial score (nSPS) is 16.0. The van der Waals surface area contributed by atoms with Crippen molar-refractivity contribution in [2.45, 2.75) is 150 Å². The van der Waals surface area contributed by atoms with Gasteiger partial charge in [-0.1, -0.05) is 6.92 Å². The van der Waals surface area contributed by atoms with Crippen molar-refractivity contribution in [2.75, 3.05) is 26.9 Å². The maximum Gasteiger partial charge on any atom is 0.337 e. The third kappa shape index (κ3) is 62.2. The van der Waals surface area contributed by atoms with E-state index in [0.29, 0.717) is 25.9 Å². The summed E-state index contributed by atoms with van der Waals surface area (Å²) in [5, 5.41) is 59.6. The van der Waals surface area contributed by atoms with Gasteiger partial charge in [-0.15, -0.1) is 0 Å². The maximum absolute atomic E-state index is 11.4. The predicted octanol–water partition coefficient (Wildman–Crippen LogP) is 2.18. The minimum absolute atomic E-state index is 0.00639. The fraction of sp³-hybridized carbons (Fsp3) is 0.964. The molecule has 0 aliphatic carbocycles. The van der Waals surface area contributed by atoms with E-state index in [4.69, 9.17) is 44.8 Å². The molecule has 11 heteroatoms. The van der Waals surface area contributed by atoms with E-state index in [9.17, 15) is 9.90 Å². The van der Waals surface area contributed by atoms with E-state index < -0.39 is 23.3 Å². The minimum Gasteiger partial charge on any atom is -0.461 e. The van der Waals surface area contributed by atoms with Crippen LogP contribution in [0.4, 0.5) is 0 Å². The highest BCUT2D eigenvalue weighted by Gasteiger charge is 2.30. The molecule has 6 unspecified atom stereocenters. The summed E-state index contributed by atoms with van der Waals surface area (Å²) in [5.74, 6) is -0.616. The van der Waals surface area contributed by atoms with E-state index >= 15 is 0 Å². The summed E-state index contributed by atoms with van der Waals surface area (Å²) in [6.45, 7) is 20.9. The van der Waals surface area contributed by atoms with Crippen molar-refractivity contribution in [3.8, 4) is 0 Å². The molecule has 11 nitrogen and oxygen atoms in total. The summed E-state index contributed by atoms with van der Waals surface area (Å²) in [4.78, 5) is 11.4. The third-order valence-corrected chi connectivity index (χ3v) is 3.86. The number of ether oxygens (including phenoxy) is 3. The van der Waals surface area contributed by atoms with Crippen molar-refractivity contribution in [2.24, 2.45) is 0 Å². The van der Waals surface area contributed by atoms with Crippen LogP contribution in [0.25, 0.3) is 0 Å². The minimum atomic E-state index is -1.42. The molecule has 7 N–H and O–H groups in total. The van der Waals surface area contributed by atoms with Crippen LogP contribution in [-0.2, 0) is 19.0 Å². The Kier molecular flexibility index (Phi) is 35.1. The van der Waals surface area contributed by atoms with Crippen LogP contribution in [0.2, 0.25) is 0 Å². The molecule has 0 saturated carbocycles. The van der Waals surface area contributed by atoms with Crippen LogP contribution >= 0.6 is 0 Å². The van der Waals surface area contributed by atoms with Gasteiger partial charge in [0.2, 0.25) is 0 Å². The Hall–Kier alpha value is -0.890. The number of aliphatic hydroxyl groups excluding tert-OH is 5. The van der Waals surface area contributed by atoms with Crippen LogP contribution in [-0.4, -0.2) is 116 Å². The van der Waals surface area contributed by atoms with Gasteiger partial charge in [-0.3, -0.25) is 0 Å². The maximum atomic E-state index is 11.4. The molecule has 0 amide bonds. The van der Waals surface area contributed by atoms with Crippen molar-refractivity contribution in [1.82, 2.24) is 0 Å². The first-order valence-electron chi connectivity index (χ1n) is 13.6. The van der Waals surface area contributed by atoms with E-state index in [1.165, 1.54) is 13.8 Å². The zero-order valence-corrected chi connectivity index (χ0v) is 27.0. The van der Waals surface area contributed by atoms with Crippen LogP contribution in [0.5, 0.6) is 0 Å². The Morgan fingerprint density at radius 3 is 1.31 bits per heavy atom. The van der Waals surface area contributed by atoms with Crippen LogP contribution < -0.4 is 0 Å². The lowest BCUT2D eigenvalue weighted by Crippen LogP contribution is -2.37. The van der Waals surface area contributed by atoms with Gasteiger partial charge in [-0.05, 0) is 95.4 Å². The molecule has 0 heterocycles. The van der Waals surface area contributed by atoms with Gasteiger partial charge in [-0.25, -0.2) is 4.79 Å². The fourth-order valence-electron chi connectivity index (χ4n) is 1.39. The van der Waals surface area contributed by atoms with Gasteiger partial charge >= 0.3 is 5.97 Å². The van der Waals surface area contributed by atoms with Crippen LogP contribution in [0.1, 0.15) is 102 Å². The SMILES string of the molecule is CC(C)(C)O.CC(C)O.CC(O)CCC(C)O.CC(O)CO.CCC(C)(O)C(=O)OCC(C)OCC(C)OC. The molecule has 0 aliphatic heterocycles. The van der Waals surface area contributed by atoms with E-state index in [2.05, 4.69) is 0 Å². The van der Waals surface area contributed by atoms with E-state index in [0.717, 1.165) is 0 Å². The van der Waals surface area contributed by atoms with Gasteiger partial charge in [0, 0.05) is 13.2 Å². The molecule has 0 aliphatic rings. The summed E-state index contributed by atoms with van der Waals surface area (Å²) in [6, 6.07) is 0. The molecule has 0 fully saturated rings. The van der Waals surface area contributed by atoms with Crippen LogP contribution in [0.15, 0.2) is 0 Å². The monoisotopic (exact) mass is 576 g/mol. The van der Waals surface area contributed by atoms with Crippen molar-refractivity contribution >= 4 is 5.97 Å². The van der Waals surface area contributed by atoms with Crippen LogP contribution in [0.3, 0.4) is 0 Å². The second-order valence-electron chi connectivity index (χ2n) is 11.0. The standard InChI is InChI=1S/C12H24O5.C6H14O2.C4H10O.C3H8O2.C3H8O/c1-6-12(4,14)11(13)17-8-10(3)16-7-9(2)15-5;1-5(7)3-4-6(2)8;1-4(2,3)5;1-3(5)2-4;1-3(2)4/h9-10,14H,6-8H2,1-5H3;5-8H,3-4H2,1-2H3;5H,1-3H3;3-5H,2H2,1H3;3-4H,1-2H3. The number of aliphatic hydroxyl groups is 7. The lowest BCUT2D eigenvalue weighted by molar-refractivity contribution is -0.168. The highest BCUT2D eigenvalue weighted by molar-refractivity contribution is 5.78. The molecular weight excluding hydrogens is 512 g/mol. The molecule has 0 aromatic rings. The van der Waals surface area contributed by atoms with Gasteiger partial charge in [0.05, 0.1) is 49.3 Å². The molecule has 242 valence electrons. The van der Waals surface area contributed by atoms with Gasteiger partial charge in [0.25, 0.3) is 0 Å². The second kappa shape index (κ2) is 28.6. The zero-order chi connectivity index (χ0) is 32.4. The first-order chi connectivity index (χ1) is 17.5. The van der Waals surface area contributed by atoms with E-state index in [1.54, 1.807) is 69.4 Å². The van der Waals surface area contributed by atoms with Gasteiger partial charge < -0.3 is 50.0 Å². The van der Waals surface area contributed by atoms with Gasteiger partial charge in [0.1, 0.15) is 6.61 Å². The number of methoxy groups -OCH3 is 1. The fourth-order valence-corrected chi connectivity index (χ4v) is 1.39. The Labute approximate surface area is 238 Å². The van der Waals surface area contributed by atoms with Gasteiger partial charge in [0.15, 0.2) is 5.60 Å². The highest BCUT2D eigenvalue weighted by atomic mass is 16.6. The number of esters is 1. The number of rotatable bonds is 12. The Bertz CT molecular complexity index is 485. The smallest absolute Gasteiger partial charge is 0.337 e. The van der Waals surface area contributed by atoms with Crippen molar-refractivity contribution in [1.29, 1.82) is 0 Å². The van der Waals surface area contributed by atoms with Crippen molar-refractivity contribution in [3.63, 3.8) is 0 Å². The Morgan fingerprint density at radius 2 is 1.08 bits per heavy atom. The van der Waals surface area contributed by atoms with Crippen LogP contribution in [0, 0.1) is 0 Å². The third-order valence-electron chi connectivity index (χ3n) is 3.86. The summed E-state index contributed by atoms with van der Waals surface area (Å²) >= 11 is 0. The number of carbonyl (C=O) groups is 1. The molecule has 0 saturated heterocycles. The lowest BCUT2D eigenvalue weighted by Gasteiger charge is -2.21. The molecule has 39 heavy (non-hydrogen) atoms. The first kappa shape index (κ1) is 47.9. The molecule has 0 rings (SSSR count). The van der Waals surface area contributed by atoms with E-state index in [-0.39, 0.29) is 43.7 Å². The highest BCUT2D eigenvalue weighted by Crippen LogP contribution is 2.11. The summed E-state index contributed by atoms with van der Waals surface area (Å²) < 4.78 is 15.4. The molecule has 0 aromatic carbocycles. The van der Waals surface area contributed by atoms with Crippen molar-refractivity contribution in [3.05, 3.63) is 0 Å². The molecule has 0 bridgehead atoms. The molecule has 0 spiro atoms. The first-order valence-corrected chi connectivity index (χ1v) is 13.6. The largest absolute Gasteiger partial charge is 0.461 e. The van der Waals surface area contributed by atoms with Crippen molar-refractivity contribution < 1.29 is 54.8 Å². The number of hydrogen-bond donors (Lipinski definition) is 7. The predicted molar refractivity (Wildman–Crippen MR) is 154 cm³/mol. The molecule has 6 atom stereocenters.